The molecule has 2 aromatic rings. The molecule has 0 spiro atoms. The monoisotopic (exact) mass is 318 g/mol. The number of halogens is 1. The van der Waals surface area contributed by atoms with Crippen molar-refractivity contribution < 1.29 is 14.3 Å². The van der Waals surface area contributed by atoms with Gasteiger partial charge in [0.15, 0.2) is 6.10 Å². The third-order valence-corrected chi connectivity index (χ3v) is 3.68. The van der Waals surface area contributed by atoms with Gasteiger partial charge in [0, 0.05) is 11.4 Å². The summed E-state index contributed by atoms with van der Waals surface area (Å²) in [5, 5.41) is 3.99. The third kappa shape index (κ3) is 3.36. The Kier molecular flexibility index (Phi) is 3.98. The highest BCUT2D eigenvalue weighted by molar-refractivity contribution is 6.29. The number of esters is 1. The summed E-state index contributed by atoms with van der Waals surface area (Å²) in [5.74, 6) is -0.791. The van der Waals surface area contributed by atoms with Crippen LogP contribution < -0.4 is 5.32 Å². The summed E-state index contributed by atoms with van der Waals surface area (Å²) in [6.07, 6.45) is 1.17. The summed E-state index contributed by atoms with van der Waals surface area (Å²) >= 11 is 5.82. The summed E-state index contributed by atoms with van der Waals surface area (Å²) in [6, 6.07) is 8.67. The van der Waals surface area contributed by atoms with Crippen LogP contribution in [0.1, 0.15) is 30.1 Å². The highest BCUT2D eigenvalue weighted by Gasteiger charge is 2.27. The molecule has 1 unspecified atom stereocenters. The minimum Gasteiger partial charge on any atom is -0.449 e. The maximum atomic E-state index is 12.1. The quantitative estimate of drug-likeness (QED) is 0.695. The molecule has 0 saturated heterocycles. The topological polar surface area (TPSA) is 68.3 Å². The van der Waals surface area contributed by atoms with Gasteiger partial charge < -0.3 is 10.1 Å². The molecule has 0 aliphatic heterocycles. The molecular formula is C16H15ClN2O3. The zero-order valence-corrected chi connectivity index (χ0v) is 12.8. The number of hydrogen-bond acceptors (Lipinski definition) is 4. The molecule has 1 N–H and O–H groups in total. The smallest absolute Gasteiger partial charge is 0.338 e. The third-order valence-electron chi connectivity index (χ3n) is 3.47. The number of ether oxygens (including phenoxy) is 1. The van der Waals surface area contributed by atoms with Crippen LogP contribution >= 0.6 is 11.6 Å². The maximum Gasteiger partial charge on any atom is 0.338 e. The highest BCUT2D eigenvalue weighted by atomic mass is 35.5. The van der Waals surface area contributed by atoms with Gasteiger partial charge in [0.05, 0.1) is 11.1 Å². The van der Waals surface area contributed by atoms with Crippen molar-refractivity contribution in [3.05, 3.63) is 41.0 Å². The predicted molar refractivity (Wildman–Crippen MR) is 82.8 cm³/mol. The van der Waals surface area contributed by atoms with Gasteiger partial charge in [-0.1, -0.05) is 11.6 Å². The van der Waals surface area contributed by atoms with Crippen LogP contribution in [-0.2, 0) is 9.53 Å². The number of carbonyl (C=O) groups is 2. The van der Waals surface area contributed by atoms with Crippen LogP contribution in [0.3, 0.4) is 0 Å². The number of benzene rings is 1. The van der Waals surface area contributed by atoms with Crippen LogP contribution in [0.25, 0.3) is 10.9 Å². The molecule has 1 aromatic heterocycles. The Balaban J connectivity index is 1.71. The van der Waals surface area contributed by atoms with Crippen LogP contribution in [0.5, 0.6) is 0 Å². The standard InChI is InChI=1S/C16H15ClN2O3/c1-9(15(20)18-12-4-5-12)22-16(21)11-2-6-13-10(8-11)3-7-14(17)19-13/h2-3,6-9,12H,4-5H2,1H3,(H,18,20). The molecule has 0 bridgehead atoms. The largest absolute Gasteiger partial charge is 0.449 e. The van der Waals surface area contributed by atoms with Gasteiger partial charge in [-0.2, -0.15) is 0 Å². The van der Waals surface area contributed by atoms with Crippen molar-refractivity contribution in [1.29, 1.82) is 0 Å². The molecule has 1 fully saturated rings. The number of rotatable bonds is 4. The first-order valence-corrected chi connectivity index (χ1v) is 7.48. The van der Waals surface area contributed by atoms with E-state index in [2.05, 4.69) is 10.3 Å². The molecule has 3 rings (SSSR count). The van der Waals surface area contributed by atoms with Crippen molar-refractivity contribution in [2.45, 2.75) is 31.9 Å². The molecular weight excluding hydrogens is 304 g/mol. The summed E-state index contributed by atoms with van der Waals surface area (Å²) in [5.41, 5.74) is 1.08. The number of amides is 1. The SMILES string of the molecule is CC(OC(=O)c1ccc2nc(Cl)ccc2c1)C(=O)NC1CC1. The van der Waals surface area contributed by atoms with E-state index in [-0.39, 0.29) is 11.9 Å². The molecule has 1 aromatic carbocycles. The molecule has 1 aliphatic rings. The van der Waals surface area contributed by atoms with E-state index in [4.69, 9.17) is 16.3 Å². The lowest BCUT2D eigenvalue weighted by atomic mass is 10.1. The van der Waals surface area contributed by atoms with Crippen LogP contribution in [0.4, 0.5) is 0 Å². The number of nitrogens with zero attached hydrogens (tertiary/aromatic N) is 1. The molecule has 22 heavy (non-hydrogen) atoms. The number of nitrogens with one attached hydrogen (secondary N) is 1. The van der Waals surface area contributed by atoms with Crippen molar-refractivity contribution in [3.63, 3.8) is 0 Å². The summed E-state index contributed by atoms with van der Waals surface area (Å²) in [4.78, 5) is 28.1. The van der Waals surface area contributed by atoms with Gasteiger partial charge in [0.1, 0.15) is 5.15 Å². The van der Waals surface area contributed by atoms with E-state index in [0.717, 1.165) is 18.2 Å². The summed E-state index contributed by atoms with van der Waals surface area (Å²) in [7, 11) is 0. The van der Waals surface area contributed by atoms with Crippen molar-refractivity contribution >= 4 is 34.4 Å². The lowest BCUT2D eigenvalue weighted by molar-refractivity contribution is -0.129. The summed E-state index contributed by atoms with van der Waals surface area (Å²) in [6.45, 7) is 1.57. The van der Waals surface area contributed by atoms with Gasteiger partial charge in [-0.05, 0) is 50.1 Å². The highest BCUT2D eigenvalue weighted by Crippen LogP contribution is 2.20. The lowest BCUT2D eigenvalue weighted by Gasteiger charge is -2.13. The Morgan fingerprint density at radius 2 is 2.09 bits per heavy atom. The lowest BCUT2D eigenvalue weighted by Crippen LogP contribution is -2.37. The van der Waals surface area contributed by atoms with Crippen LogP contribution in [0.15, 0.2) is 30.3 Å². The Bertz CT molecular complexity index is 743. The number of carbonyl (C=O) groups excluding carboxylic acids is 2. The molecule has 114 valence electrons. The van der Waals surface area contributed by atoms with Gasteiger partial charge in [-0.3, -0.25) is 4.79 Å². The van der Waals surface area contributed by atoms with E-state index in [1.807, 2.05) is 0 Å². The fourth-order valence-electron chi connectivity index (χ4n) is 2.06. The van der Waals surface area contributed by atoms with Crippen molar-refractivity contribution in [3.8, 4) is 0 Å². The average Bonchev–Trinajstić information content (AvgIpc) is 3.30. The minimum absolute atomic E-state index is 0.241. The van der Waals surface area contributed by atoms with Crippen LogP contribution in [0.2, 0.25) is 5.15 Å². The van der Waals surface area contributed by atoms with Gasteiger partial charge in [0.25, 0.3) is 5.91 Å². The zero-order valence-electron chi connectivity index (χ0n) is 12.0. The molecule has 1 amide bonds. The Labute approximate surface area is 132 Å². The van der Waals surface area contributed by atoms with E-state index in [1.165, 1.54) is 0 Å². The number of hydrogen-bond donors (Lipinski definition) is 1. The van der Waals surface area contributed by atoms with Gasteiger partial charge >= 0.3 is 5.97 Å². The second-order valence-corrected chi connectivity index (χ2v) is 5.76. The maximum absolute atomic E-state index is 12.1. The van der Waals surface area contributed by atoms with E-state index in [1.54, 1.807) is 37.3 Å². The molecule has 1 atom stereocenters. The van der Waals surface area contributed by atoms with E-state index < -0.39 is 12.1 Å². The minimum atomic E-state index is -0.813. The van der Waals surface area contributed by atoms with Crippen molar-refractivity contribution in [2.24, 2.45) is 0 Å². The zero-order chi connectivity index (χ0) is 15.7. The first-order valence-electron chi connectivity index (χ1n) is 7.10. The number of pyridine rings is 1. The fraction of sp³-hybridized carbons (Fsp3) is 0.312. The molecule has 1 saturated carbocycles. The van der Waals surface area contributed by atoms with Crippen LogP contribution in [0, 0.1) is 0 Å². The molecule has 1 heterocycles. The number of aromatic nitrogens is 1. The Morgan fingerprint density at radius 1 is 1.32 bits per heavy atom. The average molecular weight is 319 g/mol. The van der Waals surface area contributed by atoms with E-state index in [0.29, 0.717) is 16.2 Å². The first kappa shape index (κ1) is 14.8. The second-order valence-electron chi connectivity index (χ2n) is 5.37. The number of fused-ring (bicyclic) bond motifs is 1. The van der Waals surface area contributed by atoms with E-state index >= 15 is 0 Å². The van der Waals surface area contributed by atoms with Gasteiger partial charge in [-0.15, -0.1) is 0 Å². The molecule has 0 radical (unpaired) electrons. The van der Waals surface area contributed by atoms with Gasteiger partial charge in [-0.25, -0.2) is 9.78 Å². The van der Waals surface area contributed by atoms with Crippen LogP contribution in [-0.4, -0.2) is 29.0 Å². The molecule has 5 nitrogen and oxygen atoms in total. The fourth-order valence-corrected chi connectivity index (χ4v) is 2.21. The Morgan fingerprint density at radius 3 is 2.82 bits per heavy atom. The Hall–Kier alpha value is -2.14. The van der Waals surface area contributed by atoms with E-state index in [9.17, 15) is 9.59 Å². The van der Waals surface area contributed by atoms with Crippen molar-refractivity contribution in [1.82, 2.24) is 10.3 Å². The van der Waals surface area contributed by atoms with Crippen molar-refractivity contribution in [2.75, 3.05) is 0 Å². The molecule has 1 aliphatic carbocycles. The second kappa shape index (κ2) is 5.93. The normalized spacial score (nSPS) is 15.4. The first-order chi connectivity index (χ1) is 10.5. The molecule has 6 heteroatoms. The summed E-state index contributed by atoms with van der Waals surface area (Å²) < 4.78 is 5.20. The predicted octanol–water partition coefficient (Wildman–Crippen LogP) is 2.71. The van der Waals surface area contributed by atoms with Gasteiger partial charge in [0.2, 0.25) is 0 Å².